The van der Waals surface area contributed by atoms with Crippen molar-refractivity contribution in [3.63, 3.8) is 0 Å². The van der Waals surface area contributed by atoms with Crippen LogP contribution >= 0.6 is 0 Å². The van der Waals surface area contributed by atoms with E-state index in [2.05, 4.69) is 10.3 Å². The van der Waals surface area contributed by atoms with Crippen molar-refractivity contribution in [1.82, 2.24) is 4.98 Å². The highest BCUT2D eigenvalue weighted by Gasteiger charge is 2.40. The Morgan fingerprint density at radius 1 is 1.71 bits per heavy atom. The third kappa shape index (κ3) is 2.52. The minimum absolute atomic E-state index is 0.0395. The zero-order valence-corrected chi connectivity index (χ0v) is 9.72. The molecule has 6 nitrogen and oxygen atoms in total. The molecule has 1 fully saturated rings. The smallest absolute Gasteiger partial charge is 0.274 e. The molecule has 1 aliphatic rings. The number of aromatic nitrogens is 1. The lowest BCUT2D eigenvalue weighted by Gasteiger charge is -2.29. The van der Waals surface area contributed by atoms with E-state index < -0.39 is 4.92 Å². The lowest BCUT2D eigenvalue weighted by Crippen LogP contribution is -2.44. The minimum atomic E-state index is -0.427. The van der Waals surface area contributed by atoms with Gasteiger partial charge in [-0.25, -0.2) is 4.98 Å². The number of rotatable bonds is 5. The first-order valence-corrected chi connectivity index (χ1v) is 5.64. The largest absolute Gasteiger partial charge is 0.363 e. The second-order valence-electron chi connectivity index (χ2n) is 4.68. The van der Waals surface area contributed by atoms with Crippen molar-refractivity contribution in [2.45, 2.75) is 25.3 Å². The number of hydrogen-bond acceptors (Lipinski definition) is 5. The van der Waals surface area contributed by atoms with Gasteiger partial charge in [-0.2, -0.15) is 0 Å². The fourth-order valence-corrected chi connectivity index (χ4v) is 1.93. The van der Waals surface area contributed by atoms with Crippen LogP contribution in [0.3, 0.4) is 0 Å². The van der Waals surface area contributed by atoms with Crippen LogP contribution in [0.2, 0.25) is 0 Å². The van der Waals surface area contributed by atoms with Crippen LogP contribution in [0.1, 0.15) is 19.8 Å². The van der Waals surface area contributed by atoms with Gasteiger partial charge in [-0.05, 0) is 25.7 Å². The number of nitrogens with one attached hydrogen (secondary N) is 1. The van der Waals surface area contributed by atoms with Gasteiger partial charge in [0.15, 0.2) is 0 Å². The van der Waals surface area contributed by atoms with Crippen molar-refractivity contribution < 1.29 is 4.92 Å². The van der Waals surface area contributed by atoms with Crippen LogP contribution < -0.4 is 11.1 Å². The number of anilines is 1. The first kappa shape index (κ1) is 11.8. The van der Waals surface area contributed by atoms with E-state index >= 15 is 0 Å². The van der Waals surface area contributed by atoms with Gasteiger partial charge in [0.1, 0.15) is 5.82 Å². The highest BCUT2D eigenvalue weighted by atomic mass is 16.6. The van der Waals surface area contributed by atoms with Crippen LogP contribution in [0.25, 0.3) is 0 Å². The quantitative estimate of drug-likeness (QED) is 0.597. The van der Waals surface area contributed by atoms with E-state index in [1.54, 1.807) is 0 Å². The van der Waals surface area contributed by atoms with E-state index in [0.717, 1.165) is 12.8 Å². The van der Waals surface area contributed by atoms with Gasteiger partial charge in [0, 0.05) is 18.8 Å². The summed E-state index contributed by atoms with van der Waals surface area (Å²) in [5.74, 6) is 1.05. The Kier molecular flexibility index (Phi) is 2.97. The molecule has 0 spiro atoms. The second kappa shape index (κ2) is 4.29. The molecule has 1 aromatic heterocycles. The van der Waals surface area contributed by atoms with Crippen molar-refractivity contribution in [2.24, 2.45) is 11.7 Å². The molecule has 1 unspecified atom stereocenters. The first-order chi connectivity index (χ1) is 8.05. The van der Waals surface area contributed by atoms with Crippen molar-refractivity contribution in [2.75, 3.05) is 11.9 Å². The zero-order valence-electron chi connectivity index (χ0n) is 9.72. The molecule has 0 aromatic carbocycles. The summed E-state index contributed by atoms with van der Waals surface area (Å²) in [6.45, 7) is 2.52. The Morgan fingerprint density at radius 2 is 2.41 bits per heavy atom. The average molecular weight is 236 g/mol. The molecule has 1 atom stereocenters. The van der Waals surface area contributed by atoms with Crippen LogP contribution in [0.5, 0.6) is 0 Å². The van der Waals surface area contributed by atoms with Gasteiger partial charge in [0.05, 0.1) is 16.5 Å². The number of nitro groups is 1. The topological polar surface area (TPSA) is 94.1 Å². The molecule has 0 radical (unpaired) electrons. The van der Waals surface area contributed by atoms with Crippen LogP contribution in [-0.2, 0) is 0 Å². The molecule has 1 aromatic rings. The monoisotopic (exact) mass is 236 g/mol. The summed E-state index contributed by atoms with van der Waals surface area (Å²) in [6.07, 6.45) is 3.73. The summed E-state index contributed by atoms with van der Waals surface area (Å²) in [6, 6.07) is 2.82. The highest BCUT2D eigenvalue weighted by Crippen LogP contribution is 2.40. The summed E-state index contributed by atoms with van der Waals surface area (Å²) >= 11 is 0. The molecule has 0 bridgehead atoms. The van der Waals surface area contributed by atoms with E-state index in [1.165, 1.54) is 18.3 Å². The third-order valence-electron chi connectivity index (χ3n) is 3.27. The summed E-state index contributed by atoms with van der Waals surface area (Å²) in [5.41, 5.74) is 5.59. The maximum absolute atomic E-state index is 10.7. The highest BCUT2D eigenvalue weighted by molar-refractivity contribution is 5.46. The van der Waals surface area contributed by atoms with E-state index in [-0.39, 0.29) is 11.2 Å². The van der Waals surface area contributed by atoms with Gasteiger partial charge in [0.2, 0.25) is 0 Å². The number of nitrogens with zero attached hydrogens (tertiary/aromatic N) is 2. The van der Waals surface area contributed by atoms with Crippen LogP contribution in [0, 0.1) is 16.0 Å². The third-order valence-corrected chi connectivity index (χ3v) is 3.27. The molecule has 0 saturated heterocycles. The molecular weight excluding hydrogens is 220 g/mol. The molecule has 6 heteroatoms. The Morgan fingerprint density at radius 3 is 2.94 bits per heavy atom. The van der Waals surface area contributed by atoms with E-state index in [9.17, 15) is 10.1 Å². The van der Waals surface area contributed by atoms with Gasteiger partial charge in [-0.3, -0.25) is 10.1 Å². The van der Waals surface area contributed by atoms with Crippen LogP contribution in [0.15, 0.2) is 18.3 Å². The predicted octanol–water partition coefficient (Wildman–Crippen LogP) is 1.53. The predicted molar refractivity (Wildman–Crippen MR) is 64.7 cm³/mol. The standard InChI is InChI=1S/C11H16N4O2/c1-11(7-12,8-2-3-8)14-10-6-9(15(16)17)4-5-13-10/h4-6,8H,2-3,7,12H2,1H3,(H,13,14). The lowest BCUT2D eigenvalue weighted by molar-refractivity contribution is -0.384. The van der Waals surface area contributed by atoms with Crippen LogP contribution in [0.4, 0.5) is 11.5 Å². The molecule has 1 saturated carbocycles. The van der Waals surface area contributed by atoms with E-state index in [4.69, 9.17) is 5.73 Å². The van der Waals surface area contributed by atoms with E-state index in [1.807, 2.05) is 6.92 Å². The van der Waals surface area contributed by atoms with Crippen LogP contribution in [-0.4, -0.2) is 22.0 Å². The molecule has 0 aliphatic heterocycles. The molecule has 1 heterocycles. The Labute approximate surface area is 99.4 Å². The molecule has 0 amide bonds. The van der Waals surface area contributed by atoms with Gasteiger partial charge in [-0.1, -0.05) is 0 Å². The van der Waals surface area contributed by atoms with Crippen molar-refractivity contribution in [3.05, 3.63) is 28.4 Å². The molecule has 17 heavy (non-hydrogen) atoms. The maximum Gasteiger partial charge on any atom is 0.274 e. The molecule has 2 rings (SSSR count). The second-order valence-corrected chi connectivity index (χ2v) is 4.68. The summed E-state index contributed by atoms with van der Waals surface area (Å²) in [7, 11) is 0. The van der Waals surface area contributed by atoms with Gasteiger partial charge in [-0.15, -0.1) is 0 Å². The fraction of sp³-hybridized carbons (Fsp3) is 0.545. The van der Waals surface area contributed by atoms with E-state index in [0.29, 0.717) is 18.3 Å². The zero-order chi connectivity index (χ0) is 12.5. The molecule has 92 valence electrons. The lowest BCUT2D eigenvalue weighted by atomic mass is 9.96. The summed E-state index contributed by atoms with van der Waals surface area (Å²) in [5, 5.41) is 13.9. The number of pyridine rings is 1. The SMILES string of the molecule is CC(CN)(Nc1cc([N+](=O)[O-])ccn1)C1CC1. The Hall–Kier alpha value is -1.69. The first-order valence-electron chi connectivity index (χ1n) is 5.64. The number of hydrogen-bond donors (Lipinski definition) is 2. The maximum atomic E-state index is 10.7. The fourth-order valence-electron chi connectivity index (χ4n) is 1.93. The van der Waals surface area contributed by atoms with Gasteiger partial charge < -0.3 is 11.1 Å². The summed E-state index contributed by atoms with van der Waals surface area (Å²) < 4.78 is 0. The molecule has 3 N–H and O–H groups in total. The minimum Gasteiger partial charge on any atom is -0.363 e. The molecule has 1 aliphatic carbocycles. The summed E-state index contributed by atoms with van der Waals surface area (Å²) in [4.78, 5) is 14.3. The Balaban J connectivity index is 2.17. The van der Waals surface area contributed by atoms with Crippen molar-refractivity contribution in [1.29, 1.82) is 0 Å². The van der Waals surface area contributed by atoms with Gasteiger partial charge >= 0.3 is 0 Å². The molecular formula is C11H16N4O2. The van der Waals surface area contributed by atoms with Crippen molar-refractivity contribution in [3.8, 4) is 0 Å². The average Bonchev–Trinajstić information content (AvgIpc) is 3.13. The normalized spacial score (nSPS) is 18.5. The number of nitrogens with two attached hydrogens (primary N) is 1. The van der Waals surface area contributed by atoms with Crippen molar-refractivity contribution >= 4 is 11.5 Å². The van der Waals surface area contributed by atoms with Gasteiger partial charge in [0.25, 0.3) is 5.69 Å². The Bertz CT molecular complexity index is 433.